The van der Waals surface area contributed by atoms with Crippen molar-refractivity contribution in [1.29, 1.82) is 0 Å². The van der Waals surface area contributed by atoms with E-state index in [1.807, 2.05) is 6.92 Å². The molecule has 0 aromatic heterocycles. The molecular weight excluding hydrogens is 334 g/mol. The van der Waals surface area contributed by atoms with E-state index in [0.29, 0.717) is 18.6 Å². The second-order valence-electron chi connectivity index (χ2n) is 7.76. The monoisotopic (exact) mass is 363 g/mol. The van der Waals surface area contributed by atoms with E-state index in [2.05, 4.69) is 65.6 Å². The van der Waals surface area contributed by atoms with Crippen LogP contribution in [0.3, 0.4) is 0 Å². The molecule has 0 N–H and O–H groups in total. The van der Waals surface area contributed by atoms with Crippen molar-refractivity contribution in [3.63, 3.8) is 0 Å². The molecular formula is C24H29NO2. The minimum Gasteiger partial charge on any atom is -0.465 e. The topological polar surface area (TPSA) is 29.3 Å². The van der Waals surface area contributed by atoms with Crippen LogP contribution in [0.25, 0.3) is 0 Å². The third kappa shape index (κ3) is 3.79. The fourth-order valence-corrected chi connectivity index (χ4v) is 4.87. The van der Waals surface area contributed by atoms with Crippen molar-refractivity contribution in [2.24, 2.45) is 5.92 Å². The van der Waals surface area contributed by atoms with Crippen molar-refractivity contribution in [3.8, 4) is 0 Å². The van der Waals surface area contributed by atoms with Crippen LogP contribution in [0.1, 0.15) is 56.2 Å². The predicted octanol–water partition coefficient (Wildman–Crippen LogP) is 4.97. The van der Waals surface area contributed by atoms with E-state index in [1.165, 1.54) is 43.2 Å². The molecule has 1 saturated carbocycles. The summed E-state index contributed by atoms with van der Waals surface area (Å²) >= 11 is 0. The van der Waals surface area contributed by atoms with Crippen LogP contribution in [0.15, 0.2) is 60.7 Å². The molecule has 1 saturated heterocycles. The number of carbonyl (C=O) groups excluding carboxylic acids is 1. The third-order valence-electron chi connectivity index (χ3n) is 6.09. The lowest BCUT2D eigenvalue weighted by Crippen LogP contribution is -2.20. The molecule has 27 heavy (non-hydrogen) atoms. The molecule has 1 heterocycles. The van der Waals surface area contributed by atoms with E-state index in [1.54, 1.807) is 0 Å². The highest BCUT2D eigenvalue weighted by Gasteiger charge is 2.59. The maximum absolute atomic E-state index is 12.8. The lowest BCUT2D eigenvalue weighted by atomic mass is 9.85. The van der Waals surface area contributed by atoms with Crippen LogP contribution in [-0.2, 0) is 9.53 Å². The number of hydrogen-bond acceptors (Lipinski definition) is 3. The van der Waals surface area contributed by atoms with Crippen LogP contribution in [0.5, 0.6) is 0 Å². The Balaban J connectivity index is 1.69. The Bertz CT molecular complexity index is 700. The van der Waals surface area contributed by atoms with Crippen LogP contribution in [0.2, 0.25) is 0 Å². The van der Waals surface area contributed by atoms with Crippen LogP contribution in [-0.4, -0.2) is 29.6 Å². The Morgan fingerprint density at radius 3 is 2.04 bits per heavy atom. The summed E-state index contributed by atoms with van der Waals surface area (Å²) < 4.78 is 5.46. The van der Waals surface area contributed by atoms with Gasteiger partial charge in [-0.15, -0.1) is 0 Å². The molecule has 2 aromatic carbocycles. The summed E-state index contributed by atoms with van der Waals surface area (Å²) in [4.78, 5) is 15.2. The molecule has 3 heteroatoms. The van der Waals surface area contributed by atoms with E-state index in [-0.39, 0.29) is 18.1 Å². The number of esters is 1. The molecule has 2 fully saturated rings. The SMILES string of the molecule is CCOC(=O)[C@@H]1[C@H](C2CCCCC2)N1C(c1ccccc1)c1ccccc1. The zero-order chi connectivity index (χ0) is 18.6. The molecule has 4 rings (SSSR count). The Morgan fingerprint density at radius 2 is 1.52 bits per heavy atom. The first-order valence-electron chi connectivity index (χ1n) is 10.3. The van der Waals surface area contributed by atoms with Crippen molar-refractivity contribution in [3.05, 3.63) is 71.8 Å². The molecule has 0 radical (unpaired) electrons. The van der Waals surface area contributed by atoms with Crippen molar-refractivity contribution in [1.82, 2.24) is 4.90 Å². The Kier molecular flexibility index (Phi) is 5.58. The maximum atomic E-state index is 12.8. The molecule has 1 aliphatic heterocycles. The lowest BCUT2D eigenvalue weighted by molar-refractivity contribution is -0.143. The van der Waals surface area contributed by atoms with Gasteiger partial charge in [-0.1, -0.05) is 79.9 Å². The fourth-order valence-electron chi connectivity index (χ4n) is 4.87. The van der Waals surface area contributed by atoms with Gasteiger partial charge in [0.05, 0.1) is 12.6 Å². The normalized spacial score (nSPS) is 25.3. The highest BCUT2D eigenvalue weighted by Crippen LogP contribution is 2.49. The molecule has 1 aliphatic carbocycles. The summed E-state index contributed by atoms with van der Waals surface area (Å²) in [5, 5.41) is 0. The highest BCUT2D eigenvalue weighted by atomic mass is 16.5. The van der Waals surface area contributed by atoms with Crippen LogP contribution >= 0.6 is 0 Å². The Labute approximate surface area is 162 Å². The average Bonchev–Trinajstić information content (AvgIpc) is 3.46. The lowest BCUT2D eigenvalue weighted by Gasteiger charge is -2.25. The predicted molar refractivity (Wildman–Crippen MR) is 107 cm³/mol. The van der Waals surface area contributed by atoms with Crippen molar-refractivity contribution >= 4 is 5.97 Å². The summed E-state index contributed by atoms with van der Waals surface area (Å²) in [5.74, 6) is 0.549. The van der Waals surface area contributed by atoms with Gasteiger partial charge in [0.1, 0.15) is 6.04 Å². The van der Waals surface area contributed by atoms with E-state index >= 15 is 0 Å². The first kappa shape index (κ1) is 18.2. The van der Waals surface area contributed by atoms with E-state index in [0.717, 1.165) is 0 Å². The van der Waals surface area contributed by atoms with E-state index < -0.39 is 0 Å². The summed E-state index contributed by atoms with van der Waals surface area (Å²) in [6.07, 6.45) is 6.35. The quantitative estimate of drug-likeness (QED) is 0.536. The van der Waals surface area contributed by atoms with Gasteiger partial charge in [-0.25, -0.2) is 0 Å². The Morgan fingerprint density at radius 1 is 0.963 bits per heavy atom. The number of hydrogen-bond donors (Lipinski definition) is 0. The van der Waals surface area contributed by atoms with Crippen LogP contribution in [0, 0.1) is 5.92 Å². The number of ether oxygens (including phenoxy) is 1. The second-order valence-corrected chi connectivity index (χ2v) is 7.76. The average molecular weight is 364 g/mol. The second kappa shape index (κ2) is 8.26. The van der Waals surface area contributed by atoms with E-state index in [4.69, 9.17) is 4.74 Å². The van der Waals surface area contributed by atoms with Gasteiger partial charge in [0, 0.05) is 6.04 Å². The number of rotatable bonds is 6. The zero-order valence-corrected chi connectivity index (χ0v) is 16.1. The summed E-state index contributed by atoms with van der Waals surface area (Å²) in [6, 6.07) is 21.5. The van der Waals surface area contributed by atoms with Crippen molar-refractivity contribution in [2.45, 2.75) is 57.2 Å². The highest BCUT2D eigenvalue weighted by molar-refractivity contribution is 5.80. The third-order valence-corrected chi connectivity index (χ3v) is 6.09. The van der Waals surface area contributed by atoms with Crippen LogP contribution < -0.4 is 0 Å². The minimum absolute atomic E-state index is 0.0510. The molecule has 0 spiro atoms. The van der Waals surface area contributed by atoms with Crippen molar-refractivity contribution in [2.75, 3.05) is 6.61 Å². The van der Waals surface area contributed by atoms with Crippen molar-refractivity contribution < 1.29 is 9.53 Å². The first-order valence-corrected chi connectivity index (χ1v) is 10.3. The van der Waals surface area contributed by atoms with Gasteiger partial charge in [0.15, 0.2) is 0 Å². The van der Waals surface area contributed by atoms with Gasteiger partial charge in [-0.05, 0) is 36.8 Å². The number of carbonyl (C=O) groups is 1. The Hall–Kier alpha value is -2.13. The number of benzene rings is 2. The minimum atomic E-state index is -0.113. The van der Waals surface area contributed by atoms with Gasteiger partial charge >= 0.3 is 5.97 Å². The van der Waals surface area contributed by atoms with Crippen LogP contribution in [0.4, 0.5) is 0 Å². The fraction of sp³-hybridized carbons (Fsp3) is 0.458. The molecule has 2 aromatic rings. The smallest absolute Gasteiger partial charge is 0.325 e. The maximum Gasteiger partial charge on any atom is 0.325 e. The molecule has 3 nitrogen and oxygen atoms in total. The molecule has 2 aliphatic rings. The summed E-state index contributed by atoms with van der Waals surface area (Å²) in [7, 11) is 0. The van der Waals surface area contributed by atoms with Gasteiger partial charge in [-0.2, -0.15) is 0 Å². The zero-order valence-electron chi connectivity index (χ0n) is 16.1. The molecule has 0 amide bonds. The molecule has 3 atom stereocenters. The molecule has 0 bridgehead atoms. The summed E-state index contributed by atoms with van der Waals surface area (Å²) in [5.41, 5.74) is 2.49. The van der Waals surface area contributed by atoms with Gasteiger partial charge in [0.2, 0.25) is 0 Å². The van der Waals surface area contributed by atoms with Gasteiger partial charge in [-0.3, -0.25) is 9.69 Å². The standard InChI is InChI=1S/C24H29NO2/c1-2-27-24(26)23-22(20-16-10-5-11-17-20)25(23)21(18-12-6-3-7-13-18)19-14-8-4-9-15-19/h3-4,6-9,12-15,20-23H,2,5,10-11,16-17H2,1H3/t22-,23-,25?/m0/s1. The summed E-state index contributed by atoms with van der Waals surface area (Å²) in [6.45, 7) is 2.34. The molecule has 1 unspecified atom stereocenters. The molecule has 142 valence electrons. The van der Waals surface area contributed by atoms with Gasteiger partial charge < -0.3 is 4.74 Å². The van der Waals surface area contributed by atoms with E-state index in [9.17, 15) is 4.79 Å². The van der Waals surface area contributed by atoms with Gasteiger partial charge in [0.25, 0.3) is 0 Å². The largest absolute Gasteiger partial charge is 0.465 e. The number of nitrogens with zero attached hydrogens (tertiary/aromatic N) is 1. The first-order chi connectivity index (χ1) is 13.3.